The van der Waals surface area contributed by atoms with Gasteiger partial charge in [-0.3, -0.25) is 14.5 Å². The van der Waals surface area contributed by atoms with Crippen LogP contribution in [0.3, 0.4) is 0 Å². The van der Waals surface area contributed by atoms with Crippen LogP contribution < -0.4 is 14.2 Å². The van der Waals surface area contributed by atoms with Crippen molar-refractivity contribution >= 4 is 40.6 Å². The highest BCUT2D eigenvalue weighted by molar-refractivity contribution is 8.18. The third-order valence-electron chi connectivity index (χ3n) is 5.25. The quantitative estimate of drug-likeness (QED) is 0.388. The van der Waals surface area contributed by atoms with Crippen molar-refractivity contribution in [1.82, 2.24) is 4.90 Å². The van der Waals surface area contributed by atoms with Crippen LogP contribution in [0.1, 0.15) is 16.7 Å². The van der Waals surface area contributed by atoms with Crippen LogP contribution in [0.15, 0.2) is 65.6 Å². The molecule has 34 heavy (non-hydrogen) atoms. The predicted molar refractivity (Wildman–Crippen MR) is 126 cm³/mol. The van der Waals surface area contributed by atoms with E-state index in [4.69, 9.17) is 25.8 Å². The smallest absolute Gasteiger partial charge is 0.293 e. The topological polar surface area (TPSA) is 65.1 Å². The van der Waals surface area contributed by atoms with Crippen LogP contribution in [-0.4, -0.2) is 22.8 Å². The molecular weight excluding hydrogens is 481 g/mol. The molecule has 5 rings (SSSR count). The summed E-state index contributed by atoms with van der Waals surface area (Å²) < 4.78 is 30.2. The van der Waals surface area contributed by atoms with E-state index in [0.29, 0.717) is 39.0 Å². The van der Waals surface area contributed by atoms with Gasteiger partial charge in [0.2, 0.25) is 6.79 Å². The summed E-state index contributed by atoms with van der Waals surface area (Å²) in [5, 5.41) is -0.0103. The number of carbonyl (C=O) groups excluding carboxylic acids is 2. The number of carbonyl (C=O) groups is 2. The van der Waals surface area contributed by atoms with Gasteiger partial charge in [-0.05, 0) is 53.2 Å². The van der Waals surface area contributed by atoms with Crippen LogP contribution in [0.2, 0.25) is 5.02 Å². The van der Waals surface area contributed by atoms with Crippen molar-refractivity contribution in [2.24, 2.45) is 0 Å². The van der Waals surface area contributed by atoms with E-state index in [0.717, 1.165) is 16.7 Å². The number of hydrogen-bond donors (Lipinski definition) is 0. The van der Waals surface area contributed by atoms with Crippen LogP contribution in [0.5, 0.6) is 17.2 Å². The molecule has 0 aliphatic carbocycles. The van der Waals surface area contributed by atoms with Crippen LogP contribution in [0.25, 0.3) is 6.08 Å². The van der Waals surface area contributed by atoms with Crippen molar-refractivity contribution in [1.29, 1.82) is 0 Å². The largest absolute Gasteiger partial charge is 0.489 e. The summed E-state index contributed by atoms with van der Waals surface area (Å²) in [6.45, 7) is 0.189. The number of rotatable bonds is 6. The highest BCUT2D eigenvalue weighted by Gasteiger charge is 2.35. The summed E-state index contributed by atoms with van der Waals surface area (Å²) in [4.78, 5) is 26.9. The Morgan fingerprint density at radius 2 is 1.82 bits per heavy atom. The van der Waals surface area contributed by atoms with Crippen LogP contribution in [-0.2, 0) is 17.9 Å². The summed E-state index contributed by atoms with van der Waals surface area (Å²) in [6, 6.07) is 16.7. The van der Waals surface area contributed by atoms with Crippen molar-refractivity contribution in [2.45, 2.75) is 13.2 Å². The molecule has 1 fully saturated rings. The van der Waals surface area contributed by atoms with Crippen molar-refractivity contribution in [3.8, 4) is 17.2 Å². The Morgan fingerprint density at radius 3 is 2.65 bits per heavy atom. The zero-order valence-corrected chi connectivity index (χ0v) is 19.2. The first-order valence-corrected chi connectivity index (χ1v) is 11.5. The van der Waals surface area contributed by atoms with Gasteiger partial charge in [0.25, 0.3) is 11.1 Å². The van der Waals surface area contributed by atoms with Gasteiger partial charge in [0, 0.05) is 16.7 Å². The number of fused-ring (bicyclic) bond motifs is 1. The Bertz CT molecular complexity index is 1330. The SMILES string of the molecule is O=C1S/C(=C\c2cccc(OCc3ccccc3F)c2)C(=O)N1Cc1cc2c(cc1Cl)OCO2. The third-order valence-corrected chi connectivity index (χ3v) is 6.51. The van der Waals surface area contributed by atoms with Gasteiger partial charge in [-0.2, -0.15) is 0 Å². The maximum Gasteiger partial charge on any atom is 0.293 e. The van der Waals surface area contributed by atoms with Crippen LogP contribution in [0.4, 0.5) is 9.18 Å². The molecule has 0 spiro atoms. The lowest BCUT2D eigenvalue weighted by Crippen LogP contribution is -2.27. The molecule has 0 saturated carbocycles. The van der Waals surface area contributed by atoms with E-state index >= 15 is 0 Å². The lowest BCUT2D eigenvalue weighted by molar-refractivity contribution is -0.123. The molecule has 0 atom stereocenters. The van der Waals surface area contributed by atoms with E-state index in [1.54, 1.807) is 60.7 Å². The summed E-state index contributed by atoms with van der Waals surface area (Å²) in [5.74, 6) is 0.814. The maximum atomic E-state index is 13.8. The Balaban J connectivity index is 1.30. The number of nitrogens with zero attached hydrogens (tertiary/aromatic N) is 1. The second-order valence-corrected chi connectivity index (χ2v) is 8.92. The molecule has 0 bridgehead atoms. The van der Waals surface area contributed by atoms with E-state index in [1.165, 1.54) is 6.07 Å². The first kappa shape index (κ1) is 22.3. The lowest BCUT2D eigenvalue weighted by atomic mass is 10.1. The highest BCUT2D eigenvalue weighted by atomic mass is 35.5. The molecule has 6 nitrogen and oxygen atoms in total. The van der Waals surface area contributed by atoms with Gasteiger partial charge in [-0.15, -0.1) is 0 Å². The number of thioether (sulfide) groups is 1. The van der Waals surface area contributed by atoms with E-state index in [9.17, 15) is 14.0 Å². The second kappa shape index (κ2) is 9.40. The van der Waals surface area contributed by atoms with Gasteiger partial charge in [-0.25, -0.2) is 4.39 Å². The number of benzene rings is 3. The number of halogens is 2. The molecule has 0 unspecified atom stereocenters. The second-order valence-electron chi connectivity index (χ2n) is 7.52. The van der Waals surface area contributed by atoms with E-state index < -0.39 is 11.1 Å². The molecule has 0 N–H and O–H groups in total. The van der Waals surface area contributed by atoms with Crippen molar-refractivity contribution in [3.05, 3.63) is 93.1 Å². The maximum absolute atomic E-state index is 13.8. The molecule has 0 radical (unpaired) electrons. The summed E-state index contributed by atoms with van der Waals surface area (Å²) in [7, 11) is 0. The molecule has 3 aromatic carbocycles. The molecule has 2 aliphatic heterocycles. The summed E-state index contributed by atoms with van der Waals surface area (Å²) >= 11 is 7.16. The van der Waals surface area contributed by atoms with Gasteiger partial charge in [0.05, 0.1) is 11.4 Å². The molecule has 2 heterocycles. The first-order valence-electron chi connectivity index (χ1n) is 10.3. The minimum Gasteiger partial charge on any atom is -0.489 e. The minimum atomic E-state index is -0.415. The Morgan fingerprint density at radius 1 is 1.03 bits per heavy atom. The minimum absolute atomic E-state index is 0.0171. The van der Waals surface area contributed by atoms with Crippen LogP contribution in [0, 0.1) is 5.82 Å². The van der Waals surface area contributed by atoms with Gasteiger partial charge in [0.15, 0.2) is 11.5 Å². The molecule has 2 amide bonds. The number of imide groups is 1. The van der Waals surface area contributed by atoms with E-state index in [-0.39, 0.29) is 30.7 Å². The van der Waals surface area contributed by atoms with E-state index in [1.807, 2.05) is 0 Å². The lowest BCUT2D eigenvalue weighted by Gasteiger charge is -2.14. The Kier molecular flexibility index (Phi) is 6.17. The first-order chi connectivity index (χ1) is 16.5. The van der Waals surface area contributed by atoms with Gasteiger partial charge in [0.1, 0.15) is 18.2 Å². The Hall–Kier alpha value is -3.49. The average Bonchev–Trinajstić information content (AvgIpc) is 3.38. The number of ether oxygens (including phenoxy) is 3. The number of hydrogen-bond acceptors (Lipinski definition) is 6. The predicted octanol–water partition coefficient (Wildman–Crippen LogP) is 6.02. The standard InChI is InChI=1S/C25H17ClFNO5S/c26-19-11-22-21(32-14-33-22)10-17(19)12-28-24(29)23(34-25(28)30)9-15-4-3-6-18(8-15)31-13-16-5-1-2-7-20(16)27/h1-11H,12-14H2/b23-9-. The molecule has 9 heteroatoms. The molecule has 3 aromatic rings. The zero-order valence-electron chi connectivity index (χ0n) is 17.6. The fourth-order valence-corrected chi connectivity index (χ4v) is 4.56. The third kappa shape index (κ3) is 4.60. The molecule has 172 valence electrons. The summed E-state index contributed by atoms with van der Waals surface area (Å²) in [6.07, 6.45) is 1.63. The molecule has 2 aliphatic rings. The number of amides is 2. The molecule has 1 saturated heterocycles. The fraction of sp³-hybridized carbons (Fsp3) is 0.120. The van der Waals surface area contributed by atoms with Gasteiger partial charge < -0.3 is 14.2 Å². The van der Waals surface area contributed by atoms with Gasteiger partial charge in [-0.1, -0.05) is 41.9 Å². The van der Waals surface area contributed by atoms with Crippen molar-refractivity contribution < 1.29 is 28.2 Å². The molecular formula is C25H17ClFNO5S. The van der Waals surface area contributed by atoms with Gasteiger partial charge >= 0.3 is 0 Å². The molecule has 0 aromatic heterocycles. The fourth-order valence-electron chi connectivity index (χ4n) is 3.51. The normalized spacial score (nSPS) is 15.9. The zero-order chi connectivity index (χ0) is 23.7. The van der Waals surface area contributed by atoms with E-state index in [2.05, 4.69) is 0 Å². The summed E-state index contributed by atoms with van der Waals surface area (Å²) in [5.41, 5.74) is 1.70. The monoisotopic (exact) mass is 497 g/mol. The van der Waals surface area contributed by atoms with Crippen molar-refractivity contribution in [3.63, 3.8) is 0 Å². The average molecular weight is 498 g/mol. The van der Waals surface area contributed by atoms with Crippen LogP contribution >= 0.6 is 23.4 Å². The highest BCUT2D eigenvalue weighted by Crippen LogP contribution is 2.39. The van der Waals surface area contributed by atoms with Crippen molar-refractivity contribution in [2.75, 3.05) is 6.79 Å². The Labute approximate surface area is 203 Å².